The number of carboxylic acids is 1. The Morgan fingerprint density at radius 3 is 2.54 bits per heavy atom. The number of rotatable bonds is 7. The van der Waals surface area contributed by atoms with Crippen LogP contribution in [0.2, 0.25) is 5.02 Å². The third-order valence-electron chi connectivity index (χ3n) is 10.7. The van der Waals surface area contributed by atoms with Crippen LogP contribution >= 0.6 is 23.4 Å². The highest BCUT2D eigenvalue weighted by Gasteiger charge is 2.72. The number of hydrogen-bond acceptors (Lipinski definition) is 7. The molecule has 3 aliphatic carbocycles. The van der Waals surface area contributed by atoms with Gasteiger partial charge in [-0.05, 0) is 98.5 Å². The highest BCUT2D eigenvalue weighted by molar-refractivity contribution is 8.04. The van der Waals surface area contributed by atoms with Crippen LogP contribution in [0.25, 0.3) is 0 Å². The summed E-state index contributed by atoms with van der Waals surface area (Å²) in [6, 6.07) is 17.3. The standard InChI is InChI=1S/C38H34ClNO7S/c1-36(15-14-30(42)40-31-27(41)13-12-26(32(31)43)35(45)46)33-28-17-23-18-38(33,20-37(23,2)47-28)19-29(34(36)44)48-25-5-3-4-22(16-25)7-6-21-8-10-24(39)11-9-21/h3-5,8-13,16,19,23,28,33,41,43H,14-15,17-18,20H2,1-2H3,(H,40,42)(H,45,46)/t23-,28+,33+,36+,37+,38-/m1/s1. The minimum Gasteiger partial charge on any atom is -0.506 e. The van der Waals surface area contributed by atoms with Crippen molar-refractivity contribution in [2.75, 3.05) is 5.32 Å². The number of amides is 1. The molecular formula is C38H34ClNO7S. The first-order chi connectivity index (χ1) is 22.8. The molecule has 6 atom stereocenters. The topological polar surface area (TPSA) is 133 Å². The highest BCUT2D eigenvalue weighted by Crippen LogP contribution is 2.72. The van der Waals surface area contributed by atoms with Crippen molar-refractivity contribution in [3.8, 4) is 23.3 Å². The van der Waals surface area contributed by atoms with Gasteiger partial charge in [0.25, 0.3) is 0 Å². The Labute approximate surface area is 287 Å². The summed E-state index contributed by atoms with van der Waals surface area (Å²) in [5.41, 5.74) is -0.596. The van der Waals surface area contributed by atoms with Crippen LogP contribution in [0.4, 0.5) is 5.69 Å². The molecule has 10 heteroatoms. The van der Waals surface area contributed by atoms with E-state index in [4.69, 9.17) is 16.3 Å². The molecule has 2 saturated carbocycles. The summed E-state index contributed by atoms with van der Waals surface area (Å²) in [5.74, 6) is 3.46. The number of ether oxygens (including phenoxy) is 1. The summed E-state index contributed by atoms with van der Waals surface area (Å²) in [6.07, 6.45) is 4.81. The van der Waals surface area contributed by atoms with Crippen LogP contribution in [0.3, 0.4) is 0 Å². The Hall–Kier alpha value is -4.23. The third-order valence-corrected chi connectivity index (χ3v) is 12.0. The van der Waals surface area contributed by atoms with Crippen molar-refractivity contribution in [3.05, 3.63) is 93.4 Å². The number of ketones is 1. The molecule has 4 N–H and O–H groups in total. The Morgan fingerprint density at radius 2 is 1.81 bits per heavy atom. The van der Waals surface area contributed by atoms with Crippen LogP contribution in [-0.2, 0) is 14.3 Å². The number of aromatic carboxylic acids is 1. The third kappa shape index (κ3) is 5.46. The summed E-state index contributed by atoms with van der Waals surface area (Å²) in [6.45, 7) is 4.12. The molecule has 1 spiro atoms. The number of benzene rings is 3. The molecule has 48 heavy (non-hydrogen) atoms. The van der Waals surface area contributed by atoms with Gasteiger partial charge in [-0.3, -0.25) is 9.59 Å². The minimum absolute atomic E-state index is 0.0466. The molecule has 0 aromatic heterocycles. The van der Waals surface area contributed by atoms with Crippen molar-refractivity contribution in [2.24, 2.45) is 22.7 Å². The second-order valence-corrected chi connectivity index (χ2v) is 15.4. The molecule has 5 aliphatic rings. The number of carboxylic acid groups (broad SMARTS) is 1. The van der Waals surface area contributed by atoms with E-state index < -0.39 is 34.4 Å². The van der Waals surface area contributed by atoms with Gasteiger partial charge in [0.15, 0.2) is 11.5 Å². The number of halogens is 1. The number of carbonyl (C=O) groups is 3. The van der Waals surface area contributed by atoms with Gasteiger partial charge < -0.3 is 25.4 Å². The van der Waals surface area contributed by atoms with E-state index in [0.29, 0.717) is 15.8 Å². The minimum atomic E-state index is -1.40. The Bertz CT molecular complexity index is 1970. The van der Waals surface area contributed by atoms with Crippen molar-refractivity contribution in [3.63, 3.8) is 0 Å². The highest BCUT2D eigenvalue weighted by atomic mass is 35.5. The lowest BCUT2D eigenvalue weighted by atomic mass is 9.51. The monoisotopic (exact) mass is 683 g/mol. The molecule has 2 heterocycles. The van der Waals surface area contributed by atoms with Gasteiger partial charge >= 0.3 is 5.97 Å². The van der Waals surface area contributed by atoms with Crippen molar-refractivity contribution >= 4 is 46.7 Å². The first-order valence-electron chi connectivity index (χ1n) is 15.9. The summed E-state index contributed by atoms with van der Waals surface area (Å²) in [7, 11) is 0. The molecule has 246 valence electrons. The lowest BCUT2D eigenvalue weighted by molar-refractivity contribution is -0.169. The summed E-state index contributed by atoms with van der Waals surface area (Å²) < 4.78 is 6.62. The molecule has 4 fully saturated rings. The van der Waals surface area contributed by atoms with Gasteiger partial charge in [0.05, 0.1) is 16.6 Å². The molecule has 8 rings (SSSR count). The van der Waals surface area contributed by atoms with Gasteiger partial charge in [-0.25, -0.2) is 4.79 Å². The fraction of sp³-hybridized carbons (Fsp3) is 0.342. The van der Waals surface area contributed by atoms with Gasteiger partial charge in [0.1, 0.15) is 17.0 Å². The lowest BCUT2D eigenvalue weighted by Crippen LogP contribution is -2.57. The van der Waals surface area contributed by atoms with E-state index in [1.54, 1.807) is 12.1 Å². The maximum atomic E-state index is 14.6. The lowest BCUT2D eigenvalue weighted by Gasteiger charge is -2.56. The normalized spacial score (nSPS) is 29.5. The Balaban J connectivity index is 1.16. The van der Waals surface area contributed by atoms with Gasteiger partial charge in [-0.15, -0.1) is 0 Å². The van der Waals surface area contributed by atoms with Crippen LogP contribution in [0.1, 0.15) is 67.4 Å². The summed E-state index contributed by atoms with van der Waals surface area (Å²) >= 11 is 7.43. The number of hydrogen-bond donors (Lipinski definition) is 4. The van der Waals surface area contributed by atoms with Gasteiger partial charge in [0.2, 0.25) is 5.91 Å². The van der Waals surface area contributed by atoms with E-state index in [-0.39, 0.29) is 47.4 Å². The molecule has 1 amide bonds. The van der Waals surface area contributed by atoms with Crippen LogP contribution in [0, 0.1) is 34.5 Å². The SMILES string of the molecule is C[C@]12C[C@@]34C=C(Sc5cccc(C#Cc6ccc(Cl)cc6)c5)C(=O)[C@@](C)(CCC(=O)Nc5c(O)ccc(C(=O)O)c5O)[C@@H]3[C@H](C[C@@H]1C4)O2. The van der Waals surface area contributed by atoms with Crippen molar-refractivity contribution in [2.45, 2.75) is 62.6 Å². The number of carbonyl (C=O) groups excluding carboxylic acids is 2. The zero-order valence-corrected chi connectivity index (χ0v) is 28.0. The van der Waals surface area contributed by atoms with Gasteiger partial charge in [0, 0.05) is 38.8 Å². The Kier molecular flexibility index (Phi) is 7.90. The van der Waals surface area contributed by atoms with E-state index in [1.807, 2.05) is 43.3 Å². The van der Waals surface area contributed by atoms with Crippen LogP contribution in [0.5, 0.6) is 11.5 Å². The van der Waals surface area contributed by atoms with Crippen LogP contribution in [0.15, 0.2) is 76.5 Å². The number of anilines is 1. The fourth-order valence-corrected chi connectivity index (χ4v) is 10.1. The maximum absolute atomic E-state index is 14.6. The molecule has 2 saturated heterocycles. The van der Waals surface area contributed by atoms with Crippen LogP contribution in [-0.4, -0.2) is 44.7 Å². The number of allylic oxidation sites excluding steroid dienone is 2. The van der Waals surface area contributed by atoms with E-state index in [9.17, 15) is 29.7 Å². The van der Waals surface area contributed by atoms with E-state index >= 15 is 0 Å². The first kappa shape index (κ1) is 32.3. The zero-order chi connectivity index (χ0) is 34.0. The average molecular weight is 684 g/mol. The van der Waals surface area contributed by atoms with E-state index in [2.05, 4.69) is 30.2 Å². The second-order valence-electron chi connectivity index (χ2n) is 13.8. The predicted molar refractivity (Wildman–Crippen MR) is 182 cm³/mol. The number of aromatic hydroxyl groups is 2. The molecule has 0 radical (unpaired) electrons. The van der Waals surface area contributed by atoms with Gasteiger partial charge in [-0.2, -0.15) is 0 Å². The van der Waals surface area contributed by atoms with E-state index in [0.717, 1.165) is 47.4 Å². The number of phenols is 2. The fourth-order valence-electron chi connectivity index (χ4n) is 8.73. The predicted octanol–water partition coefficient (Wildman–Crippen LogP) is 7.41. The smallest absolute Gasteiger partial charge is 0.339 e. The summed E-state index contributed by atoms with van der Waals surface area (Å²) in [5, 5.41) is 33.2. The number of phenolic OH excluding ortho intramolecular Hbond substituents is 1. The summed E-state index contributed by atoms with van der Waals surface area (Å²) in [4.78, 5) is 40.9. The number of thioether (sulfide) groups is 1. The number of Topliss-reactive ketones (excluding diaryl/α,β-unsaturated/α-hetero) is 1. The molecule has 2 aliphatic heterocycles. The molecule has 4 bridgehead atoms. The zero-order valence-electron chi connectivity index (χ0n) is 26.4. The van der Waals surface area contributed by atoms with Crippen molar-refractivity contribution < 1.29 is 34.4 Å². The van der Waals surface area contributed by atoms with Crippen molar-refractivity contribution in [1.29, 1.82) is 0 Å². The number of nitrogens with one attached hydrogen (secondary N) is 1. The molecule has 0 unspecified atom stereocenters. The van der Waals surface area contributed by atoms with Crippen molar-refractivity contribution in [1.82, 2.24) is 0 Å². The molecular weight excluding hydrogens is 650 g/mol. The average Bonchev–Trinajstić information content (AvgIpc) is 3.41. The van der Waals surface area contributed by atoms with Crippen LogP contribution < -0.4 is 5.32 Å². The van der Waals surface area contributed by atoms with Gasteiger partial charge in [-0.1, -0.05) is 54.3 Å². The van der Waals surface area contributed by atoms with E-state index in [1.165, 1.54) is 11.8 Å². The Morgan fingerprint density at radius 1 is 1.06 bits per heavy atom. The first-order valence-corrected chi connectivity index (χ1v) is 17.1. The molecule has 3 aromatic rings. The molecule has 8 nitrogen and oxygen atoms in total. The second kappa shape index (κ2) is 11.7. The molecule has 3 aromatic carbocycles. The largest absolute Gasteiger partial charge is 0.506 e. The quantitative estimate of drug-likeness (QED) is 0.150. The maximum Gasteiger partial charge on any atom is 0.339 e.